The van der Waals surface area contributed by atoms with Crippen molar-refractivity contribution in [1.29, 1.82) is 0 Å². The van der Waals surface area contributed by atoms with Crippen LogP contribution in [0, 0.1) is 0 Å². The minimum Gasteiger partial charge on any atom is -0.494 e. The summed E-state index contributed by atoms with van der Waals surface area (Å²) in [7, 11) is 0. The second-order valence-corrected chi connectivity index (χ2v) is 6.36. The molecule has 5 heteroatoms. The van der Waals surface area contributed by atoms with Gasteiger partial charge in [-0.25, -0.2) is 4.98 Å². The normalized spacial score (nSPS) is 11.4. The van der Waals surface area contributed by atoms with E-state index >= 15 is 0 Å². The second kappa shape index (κ2) is 5.00. The van der Waals surface area contributed by atoms with Gasteiger partial charge in [0.15, 0.2) is 5.88 Å². The molecule has 4 rings (SSSR count). The van der Waals surface area contributed by atoms with Crippen LogP contribution in [0.5, 0.6) is 5.88 Å². The molecular weight excluding hydrogens is 364 g/mol. The number of hydrogen-bond donors (Lipinski definition) is 2. The first-order valence-electron chi connectivity index (χ1n) is 6.69. The van der Waals surface area contributed by atoms with E-state index < -0.39 is 0 Å². The zero-order valence-corrected chi connectivity index (χ0v) is 13.6. The summed E-state index contributed by atoms with van der Waals surface area (Å²) in [4.78, 5) is 7.62. The van der Waals surface area contributed by atoms with Crippen molar-refractivity contribution in [2.24, 2.45) is 0 Å². The maximum absolute atomic E-state index is 10.3. The van der Waals surface area contributed by atoms with E-state index in [2.05, 4.69) is 25.9 Å². The summed E-state index contributed by atoms with van der Waals surface area (Å²) in [5.74, 6) is 0.113. The number of nitrogens with zero attached hydrogens (tertiary/aromatic N) is 1. The Bertz CT molecular complexity index is 1030. The molecule has 0 saturated heterocycles. The fraction of sp³-hybridized carbons (Fsp3) is 0. The van der Waals surface area contributed by atoms with Crippen LogP contribution in [0.3, 0.4) is 0 Å². The number of aromatic nitrogens is 2. The van der Waals surface area contributed by atoms with Gasteiger partial charge in [-0.1, -0.05) is 33.6 Å². The molecule has 0 saturated carbocycles. The molecular formula is C17H10BrClN2O. The molecule has 2 N–H and O–H groups in total. The van der Waals surface area contributed by atoms with Crippen LogP contribution in [-0.4, -0.2) is 15.1 Å². The molecule has 0 unspecified atom stereocenters. The molecule has 4 aromatic rings. The average molecular weight is 374 g/mol. The van der Waals surface area contributed by atoms with Crippen molar-refractivity contribution in [2.75, 3.05) is 0 Å². The maximum atomic E-state index is 10.3. The topological polar surface area (TPSA) is 48.9 Å². The fourth-order valence-corrected chi connectivity index (χ4v) is 3.26. The predicted octanol–water partition coefficient (Wildman–Crippen LogP) is 5.50. The first kappa shape index (κ1) is 13.6. The Hall–Kier alpha value is -2.04. The first-order valence-corrected chi connectivity index (χ1v) is 7.86. The number of pyridine rings is 1. The van der Waals surface area contributed by atoms with Crippen molar-refractivity contribution in [3.63, 3.8) is 0 Å². The fourth-order valence-electron chi connectivity index (χ4n) is 2.67. The highest BCUT2D eigenvalue weighted by Gasteiger charge is 2.15. The Balaban J connectivity index is 2.02. The summed E-state index contributed by atoms with van der Waals surface area (Å²) < 4.78 is 0.948. The average Bonchev–Trinajstić information content (AvgIpc) is 2.82. The molecule has 0 fully saturated rings. The van der Waals surface area contributed by atoms with Crippen LogP contribution in [0.4, 0.5) is 0 Å². The van der Waals surface area contributed by atoms with E-state index in [0.717, 1.165) is 26.3 Å². The minimum absolute atomic E-state index is 0.113. The van der Waals surface area contributed by atoms with Gasteiger partial charge >= 0.3 is 0 Å². The van der Waals surface area contributed by atoms with Gasteiger partial charge in [-0.3, -0.25) is 0 Å². The van der Waals surface area contributed by atoms with Gasteiger partial charge in [0.1, 0.15) is 0 Å². The van der Waals surface area contributed by atoms with Crippen LogP contribution in [0.15, 0.2) is 53.0 Å². The van der Waals surface area contributed by atoms with Gasteiger partial charge in [-0.15, -0.1) is 0 Å². The number of H-pyrrole nitrogens is 1. The Morgan fingerprint density at radius 2 is 1.91 bits per heavy atom. The SMILES string of the molecule is Oc1[nH]c2ccc(Br)cc2c1-c1ccc2c(Cl)cccc2n1. The Kier molecular flexibility index (Phi) is 3.10. The lowest BCUT2D eigenvalue weighted by atomic mass is 10.1. The maximum Gasteiger partial charge on any atom is 0.199 e. The third-order valence-corrected chi connectivity index (χ3v) is 4.50. The summed E-state index contributed by atoms with van der Waals surface area (Å²) in [6.45, 7) is 0. The van der Waals surface area contributed by atoms with Crippen LogP contribution in [-0.2, 0) is 0 Å². The standard InChI is InChI=1S/C17H10BrClN2O/c18-9-4-6-14-11(8-9)16(17(22)21-14)15-7-5-10-12(19)2-1-3-13(10)20-15/h1-8,21-22H. The summed E-state index contributed by atoms with van der Waals surface area (Å²) in [5.41, 5.74) is 3.06. The highest BCUT2D eigenvalue weighted by molar-refractivity contribution is 9.10. The molecule has 22 heavy (non-hydrogen) atoms. The van der Waals surface area contributed by atoms with Gasteiger partial charge in [-0.2, -0.15) is 0 Å². The zero-order valence-electron chi connectivity index (χ0n) is 11.3. The summed E-state index contributed by atoms with van der Waals surface area (Å²) in [6, 6.07) is 15.2. The molecule has 0 spiro atoms. The monoisotopic (exact) mass is 372 g/mol. The minimum atomic E-state index is 0.113. The van der Waals surface area contributed by atoms with Gasteiger partial charge < -0.3 is 10.1 Å². The van der Waals surface area contributed by atoms with E-state index in [1.165, 1.54) is 0 Å². The van der Waals surface area contributed by atoms with Crippen molar-refractivity contribution in [3.8, 4) is 17.1 Å². The Morgan fingerprint density at radius 1 is 1.05 bits per heavy atom. The van der Waals surface area contributed by atoms with Crippen molar-refractivity contribution < 1.29 is 5.11 Å². The van der Waals surface area contributed by atoms with Crippen LogP contribution in [0.25, 0.3) is 33.1 Å². The van der Waals surface area contributed by atoms with E-state index in [1.54, 1.807) is 0 Å². The van der Waals surface area contributed by atoms with Crippen molar-refractivity contribution in [1.82, 2.24) is 9.97 Å². The molecule has 3 nitrogen and oxygen atoms in total. The van der Waals surface area contributed by atoms with Gasteiger partial charge in [-0.05, 0) is 42.5 Å². The van der Waals surface area contributed by atoms with E-state index in [4.69, 9.17) is 11.6 Å². The molecule has 2 aromatic heterocycles. The number of hydrogen-bond acceptors (Lipinski definition) is 2. The summed E-state index contributed by atoms with van der Waals surface area (Å²) in [6.07, 6.45) is 0. The third kappa shape index (κ3) is 2.07. The van der Waals surface area contributed by atoms with Gasteiger partial charge in [0.05, 0.1) is 16.8 Å². The molecule has 2 aromatic carbocycles. The molecule has 2 heterocycles. The quantitative estimate of drug-likeness (QED) is 0.462. The van der Waals surface area contributed by atoms with Gasteiger partial charge in [0.25, 0.3) is 0 Å². The highest BCUT2D eigenvalue weighted by Crippen LogP contribution is 2.37. The molecule has 0 aliphatic heterocycles. The van der Waals surface area contributed by atoms with Crippen LogP contribution < -0.4 is 0 Å². The van der Waals surface area contributed by atoms with Gasteiger partial charge in [0.2, 0.25) is 0 Å². The second-order valence-electron chi connectivity index (χ2n) is 5.04. The van der Waals surface area contributed by atoms with E-state index in [0.29, 0.717) is 16.3 Å². The van der Waals surface area contributed by atoms with Crippen LogP contribution in [0.2, 0.25) is 5.02 Å². The third-order valence-electron chi connectivity index (χ3n) is 3.68. The lowest BCUT2D eigenvalue weighted by molar-refractivity contribution is 0.460. The van der Waals surface area contributed by atoms with Crippen molar-refractivity contribution in [2.45, 2.75) is 0 Å². The molecule has 0 amide bonds. The highest BCUT2D eigenvalue weighted by atomic mass is 79.9. The summed E-state index contributed by atoms with van der Waals surface area (Å²) in [5, 5.41) is 12.8. The largest absolute Gasteiger partial charge is 0.494 e. The van der Waals surface area contributed by atoms with Crippen molar-refractivity contribution in [3.05, 3.63) is 58.0 Å². The van der Waals surface area contributed by atoms with Gasteiger partial charge in [0, 0.05) is 25.8 Å². The molecule has 0 atom stereocenters. The summed E-state index contributed by atoms with van der Waals surface area (Å²) >= 11 is 9.64. The lowest BCUT2D eigenvalue weighted by Gasteiger charge is -2.04. The number of aromatic hydroxyl groups is 1. The molecule has 108 valence electrons. The number of fused-ring (bicyclic) bond motifs is 2. The Morgan fingerprint density at radius 3 is 2.77 bits per heavy atom. The smallest absolute Gasteiger partial charge is 0.199 e. The zero-order chi connectivity index (χ0) is 15.3. The number of benzene rings is 2. The first-order chi connectivity index (χ1) is 10.6. The number of rotatable bonds is 1. The van der Waals surface area contributed by atoms with Crippen LogP contribution in [0.1, 0.15) is 0 Å². The number of halogens is 2. The predicted molar refractivity (Wildman–Crippen MR) is 93.4 cm³/mol. The molecule has 0 aliphatic rings. The Labute approximate surface area is 139 Å². The molecule has 0 bridgehead atoms. The molecule has 0 aliphatic carbocycles. The number of aromatic amines is 1. The molecule has 0 radical (unpaired) electrons. The number of nitrogens with one attached hydrogen (secondary N) is 1. The van der Waals surface area contributed by atoms with E-state index in [-0.39, 0.29) is 5.88 Å². The van der Waals surface area contributed by atoms with Crippen LogP contribution >= 0.6 is 27.5 Å². The van der Waals surface area contributed by atoms with E-state index in [9.17, 15) is 5.11 Å². The van der Waals surface area contributed by atoms with E-state index in [1.807, 2.05) is 48.5 Å². The lowest BCUT2D eigenvalue weighted by Crippen LogP contribution is -1.85. The van der Waals surface area contributed by atoms with Crippen molar-refractivity contribution >= 4 is 49.3 Å².